The molecule has 0 fully saturated rings. The van der Waals surface area contributed by atoms with Crippen LogP contribution in [0.4, 0.5) is 4.39 Å². The average Bonchev–Trinajstić information content (AvgIpc) is 1.93. The van der Waals surface area contributed by atoms with Gasteiger partial charge in [0.05, 0.1) is 0 Å². The predicted octanol–water partition coefficient (Wildman–Crippen LogP) is 2.24. The van der Waals surface area contributed by atoms with E-state index in [1.807, 2.05) is 0 Å². The molecular weight excluding hydrogens is 171 g/mol. The van der Waals surface area contributed by atoms with E-state index in [9.17, 15) is 9.50 Å². The standard InChI is InChI=1S/C10H13FO2/c1-7-4-5-9(8(11)6-7)13-10(2,3)12/h4-6,12H,1-3H3. The molecule has 0 saturated carbocycles. The van der Waals surface area contributed by atoms with Gasteiger partial charge in [0.2, 0.25) is 5.79 Å². The number of halogens is 1. The van der Waals surface area contributed by atoms with Crippen molar-refractivity contribution in [3.05, 3.63) is 29.6 Å². The predicted molar refractivity (Wildman–Crippen MR) is 48.1 cm³/mol. The second kappa shape index (κ2) is 3.34. The van der Waals surface area contributed by atoms with Gasteiger partial charge in [-0.15, -0.1) is 0 Å². The average molecular weight is 184 g/mol. The van der Waals surface area contributed by atoms with Gasteiger partial charge in [0.15, 0.2) is 11.6 Å². The fraction of sp³-hybridized carbons (Fsp3) is 0.400. The van der Waals surface area contributed by atoms with Gasteiger partial charge >= 0.3 is 0 Å². The first kappa shape index (κ1) is 9.99. The zero-order valence-corrected chi connectivity index (χ0v) is 7.97. The molecule has 0 aliphatic rings. The molecule has 1 aromatic carbocycles. The number of benzene rings is 1. The molecule has 1 aromatic rings. The van der Waals surface area contributed by atoms with Gasteiger partial charge in [0.1, 0.15) is 0 Å². The lowest BCUT2D eigenvalue weighted by Crippen LogP contribution is -2.27. The third-order valence-corrected chi connectivity index (χ3v) is 1.45. The number of hydrogen-bond acceptors (Lipinski definition) is 2. The summed E-state index contributed by atoms with van der Waals surface area (Å²) in [5.41, 5.74) is 0.820. The summed E-state index contributed by atoms with van der Waals surface area (Å²) in [4.78, 5) is 0. The van der Waals surface area contributed by atoms with Crippen molar-refractivity contribution in [2.75, 3.05) is 0 Å². The molecule has 1 N–H and O–H groups in total. The highest BCUT2D eigenvalue weighted by Crippen LogP contribution is 2.21. The summed E-state index contributed by atoms with van der Waals surface area (Å²) in [6, 6.07) is 4.59. The lowest BCUT2D eigenvalue weighted by molar-refractivity contribution is -0.106. The van der Waals surface area contributed by atoms with Crippen LogP contribution < -0.4 is 4.74 Å². The summed E-state index contributed by atoms with van der Waals surface area (Å²) in [6.45, 7) is 4.69. The minimum absolute atomic E-state index is 0.0677. The van der Waals surface area contributed by atoms with Crippen LogP contribution in [-0.4, -0.2) is 10.9 Å². The Morgan fingerprint density at radius 1 is 1.38 bits per heavy atom. The Balaban J connectivity index is 2.90. The number of aryl methyl sites for hydroxylation is 1. The second-order valence-corrected chi connectivity index (χ2v) is 3.48. The summed E-state index contributed by atoms with van der Waals surface area (Å²) in [5, 5.41) is 9.28. The van der Waals surface area contributed by atoms with Crippen molar-refractivity contribution >= 4 is 0 Å². The van der Waals surface area contributed by atoms with Gasteiger partial charge in [-0.1, -0.05) is 6.07 Å². The van der Waals surface area contributed by atoms with Crippen molar-refractivity contribution in [3.63, 3.8) is 0 Å². The van der Waals surface area contributed by atoms with Gasteiger partial charge in [-0.2, -0.15) is 0 Å². The highest BCUT2D eigenvalue weighted by Gasteiger charge is 2.16. The molecule has 2 nitrogen and oxygen atoms in total. The van der Waals surface area contributed by atoms with Crippen molar-refractivity contribution < 1.29 is 14.2 Å². The molecule has 0 amide bonds. The third-order valence-electron chi connectivity index (χ3n) is 1.45. The minimum atomic E-state index is -1.35. The quantitative estimate of drug-likeness (QED) is 0.714. The van der Waals surface area contributed by atoms with Crippen LogP contribution in [0.25, 0.3) is 0 Å². The van der Waals surface area contributed by atoms with E-state index < -0.39 is 11.6 Å². The van der Waals surface area contributed by atoms with Crippen LogP contribution in [0.15, 0.2) is 18.2 Å². The van der Waals surface area contributed by atoms with E-state index in [1.165, 1.54) is 26.0 Å². The summed E-state index contributed by atoms with van der Waals surface area (Å²) in [7, 11) is 0. The Morgan fingerprint density at radius 2 is 2.00 bits per heavy atom. The Hall–Kier alpha value is -1.09. The molecule has 1 rings (SSSR count). The molecule has 0 heterocycles. The largest absolute Gasteiger partial charge is 0.460 e. The summed E-state index contributed by atoms with van der Waals surface area (Å²) in [5.74, 6) is -1.74. The number of rotatable bonds is 2. The topological polar surface area (TPSA) is 29.5 Å². The number of ether oxygens (including phenoxy) is 1. The maximum atomic E-state index is 13.1. The van der Waals surface area contributed by atoms with Crippen molar-refractivity contribution in [1.82, 2.24) is 0 Å². The van der Waals surface area contributed by atoms with Crippen LogP contribution in [0.5, 0.6) is 5.75 Å². The molecule has 0 atom stereocenters. The second-order valence-electron chi connectivity index (χ2n) is 3.48. The van der Waals surface area contributed by atoms with Crippen LogP contribution in [0, 0.1) is 12.7 Å². The molecule has 0 bridgehead atoms. The highest BCUT2D eigenvalue weighted by atomic mass is 19.1. The van der Waals surface area contributed by atoms with Crippen LogP contribution in [-0.2, 0) is 0 Å². The number of aliphatic hydroxyl groups is 1. The Morgan fingerprint density at radius 3 is 2.46 bits per heavy atom. The van der Waals surface area contributed by atoms with Gasteiger partial charge in [0, 0.05) is 13.8 Å². The molecule has 0 aliphatic heterocycles. The monoisotopic (exact) mass is 184 g/mol. The first-order valence-corrected chi connectivity index (χ1v) is 4.06. The summed E-state index contributed by atoms with van der Waals surface area (Å²) in [6.07, 6.45) is 0. The van der Waals surface area contributed by atoms with Gasteiger partial charge in [-0.05, 0) is 24.6 Å². The van der Waals surface area contributed by atoms with E-state index in [2.05, 4.69) is 0 Å². The fourth-order valence-corrected chi connectivity index (χ4v) is 0.958. The number of hydrogen-bond donors (Lipinski definition) is 1. The maximum absolute atomic E-state index is 13.1. The van der Waals surface area contributed by atoms with Gasteiger partial charge in [-0.3, -0.25) is 0 Å². The molecule has 72 valence electrons. The Bertz CT molecular complexity index is 302. The van der Waals surface area contributed by atoms with Gasteiger partial charge < -0.3 is 9.84 Å². The van der Waals surface area contributed by atoms with Crippen LogP contribution >= 0.6 is 0 Å². The zero-order valence-electron chi connectivity index (χ0n) is 7.97. The van der Waals surface area contributed by atoms with E-state index in [0.717, 1.165) is 5.56 Å². The molecule has 0 spiro atoms. The Labute approximate surface area is 77.0 Å². The molecule has 13 heavy (non-hydrogen) atoms. The van der Waals surface area contributed by atoms with Crippen LogP contribution in [0.2, 0.25) is 0 Å². The first-order chi connectivity index (χ1) is 5.88. The first-order valence-electron chi connectivity index (χ1n) is 4.06. The molecular formula is C10H13FO2. The fourth-order valence-electron chi connectivity index (χ4n) is 0.958. The SMILES string of the molecule is Cc1ccc(OC(C)(C)O)c(F)c1. The van der Waals surface area contributed by atoms with Gasteiger partial charge in [-0.25, -0.2) is 4.39 Å². The van der Waals surface area contributed by atoms with Crippen molar-refractivity contribution in [1.29, 1.82) is 0 Å². The van der Waals surface area contributed by atoms with E-state index >= 15 is 0 Å². The van der Waals surface area contributed by atoms with E-state index in [1.54, 1.807) is 13.0 Å². The van der Waals surface area contributed by atoms with E-state index in [4.69, 9.17) is 4.74 Å². The summed E-state index contributed by atoms with van der Waals surface area (Å²) >= 11 is 0. The molecule has 0 saturated heterocycles. The third kappa shape index (κ3) is 3.03. The lowest BCUT2D eigenvalue weighted by atomic mass is 10.2. The minimum Gasteiger partial charge on any atom is -0.460 e. The Kier molecular flexibility index (Phi) is 2.57. The molecule has 0 aromatic heterocycles. The van der Waals surface area contributed by atoms with E-state index in [0.29, 0.717) is 0 Å². The van der Waals surface area contributed by atoms with Gasteiger partial charge in [0.25, 0.3) is 0 Å². The van der Waals surface area contributed by atoms with Crippen LogP contribution in [0.1, 0.15) is 19.4 Å². The molecule has 0 unspecified atom stereocenters. The van der Waals surface area contributed by atoms with Crippen molar-refractivity contribution in [2.24, 2.45) is 0 Å². The van der Waals surface area contributed by atoms with Crippen molar-refractivity contribution in [3.8, 4) is 5.75 Å². The molecule has 0 aliphatic carbocycles. The molecule has 3 heteroatoms. The normalized spacial score (nSPS) is 11.5. The zero-order chi connectivity index (χ0) is 10.1. The summed E-state index contributed by atoms with van der Waals surface area (Å²) < 4.78 is 18.1. The van der Waals surface area contributed by atoms with Crippen molar-refractivity contribution in [2.45, 2.75) is 26.6 Å². The highest BCUT2D eigenvalue weighted by molar-refractivity contribution is 5.28. The maximum Gasteiger partial charge on any atom is 0.202 e. The molecule has 0 radical (unpaired) electrons. The smallest absolute Gasteiger partial charge is 0.202 e. The lowest BCUT2D eigenvalue weighted by Gasteiger charge is -2.19. The van der Waals surface area contributed by atoms with Crippen LogP contribution in [0.3, 0.4) is 0 Å². The van der Waals surface area contributed by atoms with E-state index in [-0.39, 0.29) is 5.75 Å².